The molecule has 0 spiro atoms. The van der Waals surface area contributed by atoms with Crippen LogP contribution in [0.4, 0.5) is 0 Å². The van der Waals surface area contributed by atoms with Gasteiger partial charge in [-0.2, -0.15) is 0 Å². The van der Waals surface area contributed by atoms with Crippen molar-refractivity contribution in [1.29, 1.82) is 0 Å². The average Bonchev–Trinajstić information content (AvgIpc) is 2.30. The Morgan fingerprint density at radius 3 is 2.55 bits per heavy atom. The largest absolute Gasteiger partial charge is 0.361 e. The molecule has 0 unspecified atom stereocenters. The van der Waals surface area contributed by atoms with Gasteiger partial charge in [-0.05, 0) is 12.8 Å². The van der Waals surface area contributed by atoms with Gasteiger partial charge in [0, 0.05) is 10.9 Å². The van der Waals surface area contributed by atoms with Crippen molar-refractivity contribution in [2.24, 2.45) is 0 Å². The molecule has 0 saturated carbocycles. The van der Waals surface area contributed by atoms with Crippen molar-refractivity contribution in [3.8, 4) is 0 Å². The predicted octanol–water partition coefficient (Wildman–Crippen LogP) is 3.00. The summed E-state index contributed by atoms with van der Waals surface area (Å²) in [7, 11) is 0. The summed E-state index contributed by atoms with van der Waals surface area (Å²) >= 11 is 3.41. The molecule has 0 aliphatic rings. The SMILES string of the molecule is Cc1onc(C(C)C)c1CBr. The first-order valence-corrected chi connectivity index (χ1v) is 4.80. The number of halogens is 1. The van der Waals surface area contributed by atoms with Gasteiger partial charge in [0.2, 0.25) is 0 Å². The lowest BCUT2D eigenvalue weighted by Gasteiger charge is -1.99. The molecule has 1 aromatic rings. The monoisotopic (exact) mass is 217 g/mol. The smallest absolute Gasteiger partial charge is 0.137 e. The van der Waals surface area contributed by atoms with Crippen LogP contribution in [-0.4, -0.2) is 5.16 Å². The molecule has 0 aliphatic heterocycles. The van der Waals surface area contributed by atoms with Gasteiger partial charge >= 0.3 is 0 Å². The fraction of sp³-hybridized carbons (Fsp3) is 0.625. The number of nitrogens with zero attached hydrogens (tertiary/aromatic N) is 1. The molecule has 11 heavy (non-hydrogen) atoms. The molecule has 0 fully saturated rings. The third-order valence-corrected chi connectivity index (χ3v) is 2.26. The zero-order chi connectivity index (χ0) is 8.43. The molecule has 0 radical (unpaired) electrons. The minimum absolute atomic E-state index is 0.444. The molecule has 0 amide bonds. The first kappa shape index (κ1) is 8.78. The summed E-state index contributed by atoms with van der Waals surface area (Å²) in [5.74, 6) is 1.37. The Kier molecular flexibility index (Phi) is 2.71. The molecule has 1 heterocycles. The van der Waals surface area contributed by atoms with E-state index in [4.69, 9.17) is 4.52 Å². The molecule has 0 aliphatic carbocycles. The molecule has 0 atom stereocenters. The van der Waals surface area contributed by atoms with E-state index in [1.165, 1.54) is 5.56 Å². The molecule has 1 rings (SSSR count). The maximum absolute atomic E-state index is 5.07. The Balaban J connectivity index is 3.05. The molecule has 0 bridgehead atoms. The number of hydrogen-bond acceptors (Lipinski definition) is 2. The number of alkyl halides is 1. The first-order chi connectivity index (χ1) is 5.16. The highest BCUT2D eigenvalue weighted by Gasteiger charge is 2.13. The number of hydrogen-bond donors (Lipinski definition) is 0. The third kappa shape index (κ3) is 1.64. The van der Waals surface area contributed by atoms with Gasteiger partial charge in [-0.1, -0.05) is 34.9 Å². The highest BCUT2D eigenvalue weighted by Crippen LogP contribution is 2.23. The van der Waals surface area contributed by atoms with Gasteiger partial charge in [0.15, 0.2) is 0 Å². The van der Waals surface area contributed by atoms with Crippen molar-refractivity contribution in [2.75, 3.05) is 0 Å². The van der Waals surface area contributed by atoms with Crippen LogP contribution in [0.3, 0.4) is 0 Å². The Labute approximate surface area is 75.1 Å². The van der Waals surface area contributed by atoms with Gasteiger partial charge in [0.1, 0.15) is 5.76 Å². The molecule has 1 aromatic heterocycles. The van der Waals surface area contributed by atoms with Crippen molar-refractivity contribution < 1.29 is 4.52 Å². The van der Waals surface area contributed by atoms with E-state index in [-0.39, 0.29) is 0 Å². The van der Waals surface area contributed by atoms with Crippen molar-refractivity contribution in [1.82, 2.24) is 5.16 Å². The standard InChI is InChI=1S/C8H12BrNO/c1-5(2)8-7(4-9)6(3)11-10-8/h5H,4H2,1-3H3. The maximum Gasteiger partial charge on any atom is 0.137 e. The van der Waals surface area contributed by atoms with E-state index >= 15 is 0 Å². The van der Waals surface area contributed by atoms with Gasteiger partial charge < -0.3 is 4.52 Å². The lowest BCUT2D eigenvalue weighted by atomic mass is 10.1. The Morgan fingerprint density at radius 2 is 2.18 bits per heavy atom. The number of rotatable bonds is 2. The number of aromatic nitrogens is 1. The van der Waals surface area contributed by atoms with Crippen molar-refractivity contribution in [3.05, 3.63) is 17.0 Å². The maximum atomic E-state index is 5.07. The average molecular weight is 218 g/mol. The van der Waals surface area contributed by atoms with Gasteiger partial charge in [-0.3, -0.25) is 0 Å². The molecular formula is C8H12BrNO. The highest BCUT2D eigenvalue weighted by molar-refractivity contribution is 9.08. The van der Waals surface area contributed by atoms with Gasteiger partial charge in [0.05, 0.1) is 5.69 Å². The van der Waals surface area contributed by atoms with E-state index in [0.29, 0.717) is 5.92 Å². The van der Waals surface area contributed by atoms with Crippen LogP contribution in [-0.2, 0) is 5.33 Å². The van der Waals surface area contributed by atoms with Crippen LogP contribution in [0.2, 0.25) is 0 Å². The summed E-state index contributed by atoms with van der Waals surface area (Å²) in [5, 5.41) is 4.81. The van der Waals surface area contributed by atoms with Crippen LogP contribution in [0.25, 0.3) is 0 Å². The van der Waals surface area contributed by atoms with Crippen LogP contribution < -0.4 is 0 Å². The molecular weight excluding hydrogens is 206 g/mol. The van der Waals surface area contributed by atoms with Crippen molar-refractivity contribution in [2.45, 2.75) is 32.0 Å². The molecule has 0 N–H and O–H groups in total. The fourth-order valence-corrected chi connectivity index (χ4v) is 1.71. The van der Waals surface area contributed by atoms with E-state index in [9.17, 15) is 0 Å². The van der Waals surface area contributed by atoms with Gasteiger partial charge in [-0.15, -0.1) is 0 Å². The molecule has 62 valence electrons. The Bertz CT molecular complexity index is 242. The van der Waals surface area contributed by atoms with Gasteiger partial charge in [0.25, 0.3) is 0 Å². The lowest BCUT2D eigenvalue weighted by Crippen LogP contribution is -1.92. The second-order valence-electron chi connectivity index (χ2n) is 2.89. The molecule has 0 saturated heterocycles. The Morgan fingerprint density at radius 1 is 1.55 bits per heavy atom. The minimum atomic E-state index is 0.444. The van der Waals surface area contributed by atoms with Crippen molar-refractivity contribution >= 4 is 15.9 Å². The van der Waals surface area contributed by atoms with E-state index in [2.05, 4.69) is 34.9 Å². The van der Waals surface area contributed by atoms with Crippen LogP contribution in [0.15, 0.2) is 4.52 Å². The summed E-state index contributed by atoms with van der Waals surface area (Å²) in [6.07, 6.45) is 0. The molecule has 3 heteroatoms. The highest BCUT2D eigenvalue weighted by atomic mass is 79.9. The Hall–Kier alpha value is -0.310. The molecule has 0 aromatic carbocycles. The fourth-order valence-electron chi connectivity index (χ4n) is 1.02. The topological polar surface area (TPSA) is 26.0 Å². The lowest BCUT2D eigenvalue weighted by molar-refractivity contribution is 0.387. The van der Waals surface area contributed by atoms with Crippen LogP contribution >= 0.6 is 15.9 Å². The molecule has 2 nitrogen and oxygen atoms in total. The second kappa shape index (κ2) is 3.39. The summed E-state index contributed by atoms with van der Waals surface area (Å²) in [6.45, 7) is 6.17. The third-order valence-electron chi connectivity index (χ3n) is 1.70. The number of aryl methyl sites for hydroxylation is 1. The van der Waals surface area contributed by atoms with Gasteiger partial charge in [-0.25, -0.2) is 0 Å². The van der Waals surface area contributed by atoms with Crippen LogP contribution in [0.5, 0.6) is 0 Å². The van der Waals surface area contributed by atoms with Crippen LogP contribution in [0.1, 0.15) is 36.8 Å². The minimum Gasteiger partial charge on any atom is -0.361 e. The van der Waals surface area contributed by atoms with E-state index in [0.717, 1.165) is 16.8 Å². The first-order valence-electron chi connectivity index (χ1n) is 3.67. The zero-order valence-corrected chi connectivity index (χ0v) is 8.60. The predicted molar refractivity (Wildman–Crippen MR) is 48.0 cm³/mol. The summed E-state index contributed by atoms with van der Waals surface area (Å²) < 4.78 is 5.07. The van der Waals surface area contributed by atoms with E-state index < -0.39 is 0 Å². The normalized spacial score (nSPS) is 11.0. The van der Waals surface area contributed by atoms with Crippen molar-refractivity contribution in [3.63, 3.8) is 0 Å². The van der Waals surface area contributed by atoms with E-state index in [1.54, 1.807) is 0 Å². The summed E-state index contributed by atoms with van der Waals surface area (Å²) in [4.78, 5) is 0. The van der Waals surface area contributed by atoms with E-state index in [1.807, 2.05) is 6.92 Å². The quantitative estimate of drug-likeness (QED) is 0.713. The zero-order valence-electron chi connectivity index (χ0n) is 7.02. The van der Waals surface area contributed by atoms with Crippen LogP contribution in [0, 0.1) is 6.92 Å². The summed E-state index contributed by atoms with van der Waals surface area (Å²) in [5.41, 5.74) is 2.26. The summed E-state index contributed by atoms with van der Waals surface area (Å²) in [6, 6.07) is 0. The second-order valence-corrected chi connectivity index (χ2v) is 3.45.